The summed E-state index contributed by atoms with van der Waals surface area (Å²) < 4.78 is 0. The Morgan fingerprint density at radius 2 is 1.79 bits per heavy atom. The van der Waals surface area contributed by atoms with Crippen molar-refractivity contribution in [3.05, 3.63) is 0 Å². The van der Waals surface area contributed by atoms with E-state index in [0.29, 0.717) is 5.92 Å². The Morgan fingerprint density at radius 3 is 2.50 bits per heavy atom. The van der Waals surface area contributed by atoms with Crippen LogP contribution in [0.4, 0.5) is 0 Å². The molecule has 0 bridgehead atoms. The van der Waals surface area contributed by atoms with Crippen molar-refractivity contribution in [3.63, 3.8) is 0 Å². The zero-order valence-electron chi connectivity index (χ0n) is 8.91. The quantitative estimate of drug-likeness (QED) is 0.672. The molecule has 0 aromatic heterocycles. The Kier molecular flexibility index (Phi) is 3.42. The van der Waals surface area contributed by atoms with Crippen LogP contribution in [-0.2, 0) is 0 Å². The van der Waals surface area contributed by atoms with Crippen LogP contribution in [0.5, 0.6) is 0 Å². The summed E-state index contributed by atoms with van der Waals surface area (Å²) in [5.41, 5.74) is 0. The van der Waals surface area contributed by atoms with Gasteiger partial charge in [-0.2, -0.15) is 5.26 Å². The molecule has 1 aliphatic carbocycles. The van der Waals surface area contributed by atoms with E-state index in [1.165, 1.54) is 51.6 Å². The van der Waals surface area contributed by atoms with Gasteiger partial charge in [0.25, 0.3) is 0 Å². The molecule has 1 heterocycles. The fraction of sp³-hybridized carbons (Fsp3) is 0.917. The molecule has 0 aromatic carbocycles. The van der Waals surface area contributed by atoms with Crippen LogP contribution in [0.25, 0.3) is 0 Å². The van der Waals surface area contributed by atoms with Gasteiger partial charge in [0.1, 0.15) is 0 Å². The van der Waals surface area contributed by atoms with E-state index in [0.717, 1.165) is 12.5 Å². The Bertz CT molecular complexity index is 213. The van der Waals surface area contributed by atoms with Crippen molar-refractivity contribution in [1.82, 2.24) is 4.90 Å². The Labute approximate surface area is 86.9 Å². The molecule has 2 aliphatic rings. The minimum Gasteiger partial charge on any atom is -0.300 e. The van der Waals surface area contributed by atoms with E-state index < -0.39 is 0 Å². The highest BCUT2D eigenvalue weighted by Crippen LogP contribution is 2.32. The highest BCUT2D eigenvalue weighted by atomic mass is 15.2. The molecular formula is C12H20N2. The minimum atomic E-state index is 0.673. The Balaban J connectivity index is 1.95. The van der Waals surface area contributed by atoms with Crippen molar-refractivity contribution in [3.8, 4) is 6.07 Å². The Hall–Kier alpha value is -0.550. The number of hydrogen-bond acceptors (Lipinski definition) is 2. The van der Waals surface area contributed by atoms with Crippen LogP contribution >= 0.6 is 0 Å². The summed E-state index contributed by atoms with van der Waals surface area (Å²) in [6, 6.07) is 3.11. The van der Waals surface area contributed by atoms with Gasteiger partial charge in [-0.1, -0.05) is 12.8 Å². The van der Waals surface area contributed by atoms with Crippen molar-refractivity contribution in [1.29, 1.82) is 5.26 Å². The maximum Gasteiger partial charge on any atom is 0.0625 e. The van der Waals surface area contributed by atoms with E-state index in [4.69, 9.17) is 5.26 Å². The lowest BCUT2D eigenvalue weighted by atomic mass is 9.82. The zero-order chi connectivity index (χ0) is 9.80. The van der Waals surface area contributed by atoms with Gasteiger partial charge in [0.2, 0.25) is 0 Å². The predicted octanol–water partition coefficient (Wildman–Crippen LogP) is 2.55. The number of nitrogens with zero attached hydrogens (tertiary/aromatic N) is 2. The number of nitriles is 1. The topological polar surface area (TPSA) is 27.0 Å². The first kappa shape index (κ1) is 9.98. The normalized spacial score (nSPS) is 34.2. The molecule has 0 aromatic rings. The maximum absolute atomic E-state index is 8.81. The standard InChI is InChI=1S/C12H20N2/c13-8-7-11-5-1-2-6-12(11)14-9-3-4-10-14/h11-12H,1-7,9-10H2/t11-,12-/m1/s1. The van der Waals surface area contributed by atoms with E-state index in [1.807, 2.05) is 0 Å². The first-order valence-corrected chi connectivity index (χ1v) is 6.03. The monoisotopic (exact) mass is 192 g/mol. The average Bonchev–Trinajstić information content (AvgIpc) is 2.72. The number of hydrogen-bond donors (Lipinski definition) is 0. The van der Waals surface area contributed by atoms with Gasteiger partial charge in [-0.3, -0.25) is 0 Å². The summed E-state index contributed by atoms with van der Waals surface area (Å²) in [7, 11) is 0. The van der Waals surface area contributed by atoms with Crippen LogP contribution in [0.15, 0.2) is 0 Å². The van der Waals surface area contributed by atoms with Crippen LogP contribution in [0.3, 0.4) is 0 Å². The molecule has 1 saturated heterocycles. The molecule has 78 valence electrons. The van der Waals surface area contributed by atoms with Crippen molar-refractivity contribution < 1.29 is 0 Å². The smallest absolute Gasteiger partial charge is 0.0625 e. The fourth-order valence-corrected chi connectivity index (χ4v) is 3.10. The highest BCUT2D eigenvalue weighted by Gasteiger charge is 2.30. The molecule has 14 heavy (non-hydrogen) atoms. The second kappa shape index (κ2) is 4.79. The molecular weight excluding hydrogens is 172 g/mol. The maximum atomic E-state index is 8.81. The molecule has 0 radical (unpaired) electrons. The summed E-state index contributed by atoms with van der Waals surface area (Å²) in [6.45, 7) is 2.57. The fourth-order valence-electron chi connectivity index (χ4n) is 3.10. The largest absolute Gasteiger partial charge is 0.300 e. The molecule has 2 atom stereocenters. The van der Waals surface area contributed by atoms with Crippen LogP contribution < -0.4 is 0 Å². The van der Waals surface area contributed by atoms with Crippen LogP contribution in [0, 0.1) is 17.2 Å². The van der Waals surface area contributed by atoms with Gasteiger partial charge >= 0.3 is 0 Å². The highest BCUT2D eigenvalue weighted by molar-refractivity contribution is 4.90. The van der Waals surface area contributed by atoms with Crippen LogP contribution in [0.1, 0.15) is 44.9 Å². The van der Waals surface area contributed by atoms with Gasteiger partial charge < -0.3 is 4.90 Å². The van der Waals surface area contributed by atoms with Crippen LogP contribution in [-0.4, -0.2) is 24.0 Å². The van der Waals surface area contributed by atoms with E-state index in [2.05, 4.69) is 11.0 Å². The summed E-state index contributed by atoms with van der Waals surface area (Å²) in [5, 5.41) is 8.81. The van der Waals surface area contributed by atoms with Gasteiger partial charge in [-0.05, 0) is 44.7 Å². The van der Waals surface area contributed by atoms with Crippen LogP contribution in [0.2, 0.25) is 0 Å². The molecule has 0 N–H and O–H groups in total. The first-order valence-electron chi connectivity index (χ1n) is 6.03. The lowest BCUT2D eigenvalue weighted by molar-refractivity contribution is 0.130. The molecule has 2 rings (SSSR count). The van der Waals surface area contributed by atoms with E-state index in [-0.39, 0.29) is 0 Å². The van der Waals surface area contributed by atoms with Gasteiger partial charge in [0, 0.05) is 12.5 Å². The number of rotatable bonds is 2. The molecule has 0 spiro atoms. The SMILES string of the molecule is N#CC[C@H]1CCCC[C@H]1N1CCCC1. The summed E-state index contributed by atoms with van der Waals surface area (Å²) >= 11 is 0. The molecule has 0 amide bonds. The zero-order valence-corrected chi connectivity index (χ0v) is 8.91. The van der Waals surface area contributed by atoms with Gasteiger partial charge in [-0.25, -0.2) is 0 Å². The Morgan fingerprint density at radius 1 is 1.07 bits per heavy atom. The second-order valence-corrected chi connectivity index (χ2v) is 4.72. The second-order valence-electron chi connectivity index (χ2n) is 4.72. The van der Waals surface area contributed by atoms with Crippen molar-refractivity contribution >= 4 is 0 Å². The van der Waals surface area contributed by atoms with E-state index >= 15 is 0 Å². The van der Waals surface area contributed by atoms with Gasteiger partial charge in [0.15, 0.2) is 0 Å². The summed E-state index contributed by atoms with van der Waals surface area (Å²) in [6.07, 6.45) is 8.87. The summed E-state index contributed by atoms with van der Waals surface area (Å²) in [5.74, 6) is 0.673. The van der Waals surface area contributed by atoms with Gasteiger partial charge in [0.05, 0.1) is 6.07 Å². The van der Waals surface area contributed by atoms with E-state index in [9.17, 15) is 0 Å². The van der Waals surface area contributed by atoms with Crippen molar-refractivity contribution in [2.45, 2.75) is 51.0 Å². The predicted molar refractivity (Wildman–Crippen MR) is 56.8 cm³/mol. The van der Waals surface area contributed by atoms with Crippen molar-refractivity contribution in [2.75, 3.05) is 13.1 Å². The summed E-state index contributed by atoms with van der Waals surface area (Å²) in [4.78, 5) is 2.64. The molecule has 2 nitrogen and oxygen atoms in total. The van der Waals surface area contributed by atoms with Gasteiger partial charge in [-0.15, -0.1) is 0 Å². The lowest BCUT2D eigenvalue weighted by Crippen LogP contribution is -2.40. The lowest BCUT2D eigenvalue weighted by Gasteiger charge is -2.36. The number of likely N-dealkylation sites (tertiary alicyclic amines) is 1. The van der Waals surface area contributed by atoms with E-state index in [1.54, 1.807) is 0 Å². The minimum absolute atomic E-state index is 0.673. The molecule has 0 unspecified atom stereocenters. The average molecular weight is 192 g/mol. The third-order valence-electron chi connectivity index (χ3n) is 3.83. The molecule has 2 heteroatoms. The molecule has 1 aliphatic heterocycles. The molecule has 2 fully saturated rings. The molecule has 1 saturated carbocycles. The third kappa shape index (κ3) is 2.09. The van der Waals surface area contributed by atoms with Crippen molar-refractivity contribution in [2.24, 2.45) is 5.92 Å². The third-order valence-corrected chi connectivity index (χ3v) is 3.83. The first-order chi connectivity index (χ1) is 6.92.